The van der Waals surface area contributed by atoms with Gasteiger partial charge in [0.2, 0.25) is 0 Å². The zero-order chi connectivity index (χ0) is 18.0. The first-order valence-electron chi connectivity index (χ1n) is 6.66. The molecule has 1 aliphatic heterocycles. The SMILES string of the molecule is O=[N+]([O-])c1ccc(S[C@@H]2O[C@@H](CO)[C@@H](O)[C@@H](O)[C@H]2O)c([N+](=O)[O-])c1. The molecule has 0 bridgehead atoms. The number of aliphatic hydroxyl groups excluding tert-OH is 4. The van der Waals surface area contributed by atoms with Crippen LogP contribution in [0.15, 0.2) is 23.1 Å². The van der Waals surface area contributed by atoms with Gasteiger partial charge in [0, 0.05) is 6.07 Å². The summed E-state index contributed by atoms with van der Waals surface area (Å²) in [5, 5.41) is 60.3. The molecule has 0 aliphatic carbocycles. The minimum absolute atomic E-state index is 0.0325. The van der Waals surface area contributed by atoms with Crippen LogP contribution in [0.1, 0.15) is 0 Å². The highest BCUT2D eigenvalue weighted by molar-refractivity contribution is 8.00. The first-order chi connectivity index (χ1) is 11.3. The van der Waals surface area contributed by atoms with Crippen LogP contribution in [0.5, 0.6) is 0 Å². The van der Waals surface area contributed by atoms with Gasteiger partial charge >= 0.3 is 0 Å². The first kappa shape index (κ1) is 18.5. The Balaban J connectivity index is 2.29. The van der Waals surface area contributed by atoms with Crippen molar-refractivity contribution in [2.75, 3.05) is 6.61 Å². The van der Waals surface area contributed by atoms with Crippen molar-refractivity contribution in [3.05, 3.63) is 38.4 Å². The third kappa shape index (κ3) is 3.63. The minimum Gasteiger partial charge on any atom is -0.394 e. The van der Waals surface area contributed by atoms with E-state index in [0.29, 0.717) is 11.8 Å². The lowest BCUT2D eigenvalue weighted by Gasteiger charge is -2.39. The second-order valence-electron chi connectivity index (χ2n) is 4.98. The summed E-state index contributed by atoms with van der Waals surface area (Å²) in [5.41, 5.74) is -2.26. The molecule has 12 heteroatoms. The summed E-state index contributed by atoms with van der Waals surface area (Å²) in [7, 11) is 0. The number of nitro groups is 2. The molecule has 1 saturated heterocycles. The topological polar surface area (TPSA) is 176 Å². The van der Waals surface area contributed by atoms with E-state index in [1.807, 2.05) is 0 Å². The van der Waals surface area contributed by atoms with Gasteiger partial charge in [0.25, 0.3) is 11.4 Å². The van der Waals surface area contributed by atoms with E-state index >= 15 is 0 Å². The number of nitro benzene ring substituents is 2. The van der Waals surface area contributed by atoms with Crippen molar-refractivity contribution in [2.45, 2.75) is 34.7 Å². The summed E-state index contributed by atoms with van der Waals surface area (Å²) in [5.74, 6) is 0. The number of thioether (sulfide) groups is 1. The van der Waals surface area contributed by atoms with Crippen LogP contribution < -0.4 is 0 Å². The second kappa shape index (κ2) is 7.38. The Morgan fingerprint density at radius 2 is 1.75 bits per heavy atom. The summed E-state index contributed by atoms with van der Waals surface area (Å²) in [6.07, 6.45) is -5.90. The molecule has 132 valence electrons. The van der Waals surface area contributed by atoms with Crippen LogP contribution >= 0.6 is 11.8 Å². The normalized spacial score (nSPS) is 30.1. The number of non-ortho nitro benzene ring substituents is 1. The number of hydrogen-bond donors (Lipinski definition) is 4. The predicted molar refractivity (Wildman–Crippen MR) is 79.4 cm³/mol. The van der Waals surface area contributed by atoms with Crippen LogP contribution in [0.3, 0.4) is 0 Å². The maximum atomic E-state index is 11.1. The Labute approximate surface area is 138 Å². The second-order valence-corrected chi connectivity index (χ2v) is 6.12. The summed E-state index contributed by atoms with van der Waals surface area (Å²) in [6.45, 7) is -0.635. The Bertz CT molecular complexity index is 641. The fraction of sp³-hybridized carbons (Fsp3) is 0.500. The van der Waals surface area contributed by atoms with Crippen LogP contribution in [0.2, 0.25) is 0 Å². The molecular formula is C12H14N2O9S. The van der Waals surface area contributed by atoms with Crippen molar-refractivity contribution >= 4 is 23.1 Å². The van der Waals surface area contributed by atoms with Gasteiger partial charge in [0.15, 0.2) is 0 Å². The van der Waals surface area contributed by atoms with Gasteiger partial charge in [-0.05, 0) is 6.07 Å². The highest BCUT2D eigenvalue weighted by atomic mass is 32.2. The van der Waals surface area contributed by atoms with Gasteiger partial charge in [-0.1, -0.05) is 11.8 Å². The quantitative estimate of drug-likeness (QED) is 0.390. The van der Waals surface area contributed by atoms with Crippen molar-refractivity contribution in [2.24, 2.45) is 0 Å². The smallest absolute Gasteiger partial charge is 0.289 e. The molecule has 0 spiro atoms. The molecule has 2 rings (SSSR count). The lowest BCUT2D eigenvalue weighted by atomic mass is 10.0. The number of hydrogen-bond acceptors (Lipinski definition) is 10. The van der Waals surface area contributed by atoms with Gasteiger partial charge in [0.05, 0.1) is 27.4 Å². The molecule has 0 aromatic heterocycles. The molecule has 1 aromatic carbocycles. The Morgan fingerprint density at radius 1 is 1.08 bits per heavy atom. The molecule has 1 fully saturated rings. The fourth-order valence-corrected chi connectivity index (χ4v) is 3.30. The van der Waals surface area contributed by atoms with Gasteiger partial charge < -0.3 is 25.2 Å². The first-order valence-corrected chi connectivity index (χ1v) is 7.54. The minimum atomic E-state index is -1.62. The third-order valence-electron chi connectivity index (χ3n) is 3.44. The van der Waals surface area contributed by atoms with E-state index in [9.17, 15) is 35.5 Å². The van der Waals surface area contributed by atoms with E-state index in [-0.39, 0.29) is 4.90 Å². The molecule has 1 aliphatic rings. The number of nitrogens with zero attached hydrogens (tertiary/aromatic N) is 2. The van der Waals surface area contributed by atoms with Gasteiger partial charge in [-0.3, -0.25) is 20.2 Å². The summed E-state index contributed by atoms with van der Waals surface area (Å²) in [4.78, 5) is 20.2. The van der Waals surface area contributed by atoms with Gasteiger partial charge in [-0.15, -0.1) is 0 Å². The van der Waals surface area contributed by atoms with Gasteiger partial charge in [-0.25, -0.2) is 0 Å². The average molecular weight is 362 g/mol. The molecule has 4 N–H and O–H groups in total. The highest BCUT2D eigenvalue weighted by Crippen LogP contribution is 2.39. The standard InChI is InChI=1S/C12H14N2O9S/c15-4-7-9(16)10(17)11(18)12(23-7)24-8-2-1-5(13(19)20)3-6(8)14(21)22/h1-3,7,9-12,15-18H,4H2/t7-,9+,10+,11+,12-/m0/s1. The molecule has 1 heterocycles. The molecule has 0 unspecified atom stereocenters. The zero-order valence-electron chi connectivity index (χ0n) is 12.0. The van der Waals surface area contributed by atoms with Crippen molar-refractivity contribution in [3.63, 3.8) is 0 Å². The summed E-state index contributed by atoms with van der Waals surface area (Å²) >= 11 is 0.654. The summed E-state index contributed by atoms with van der Waals surface area (Å²) in [6, 6.07) is 2.95. The number of rotatable bonds is 5. The highest BCUT2D eigenvalue weighted by Gasteiger charge is 2.44. The van der Waals surface area contributed by atoms with Crippen molar-refractivity contribution in [3.8, 4) is 0 Å². The molecular weight excluding hydrogens is 348 g/mol. The predicted octanol–water partition coefficient (Wildman–Crippen LogP) is -0.605. The molecule has 11 nitrogen and oxygen atoms in total. The van der Waals surface area contributed by atoms with Crippen LogP contribution in [-0.4, -0.2) is 66.7 Å². The van der Waals surface area contributed by atoms with E-state index in [0.717, 1.165) is 18.2 Å². The number of benzene rings is 1. The lowest BCUT2D eigenvalue weighted by molar-refractivity contribution is -0.396. The maximum Gasteiger partial charge on any atom is 0.289 e. The largest absolute Gasteiger partial charge is 0.394 e. The lowest BCUT2D eigenvalue weighted by Crippen LogP contribution is -2.57. The van der Waals surface area contributed by atoms with E-state index < -0.39 is 57.7 Å². The van der Waals surface area contributed by atoms with Crippen LogP contribution in [0, 0.1) is 20.2 Å². The van der Waals surface area contributed by atoms with Crippen LogP contribution in [0.4, 0.5) is 11.4 Å². The molecule has 0 radical (unpaired) electrons. The molecule has 24 heavy (non-hydrogen) atoms. The average Bonchev–Trinajstić information content (AvgIpc) is 2.55. The van der Waals surface area contributed by atoms with Crippen molar-refractivity contribution in [1.29, 1.82) is 0 Å². The van der Waals surface area contributed by atoms with E-state index in [1.165, 1.54) is 0 Å². The van der Waals surface area contributed by atoms with Crippen molar-refractivity contribution in [1.82, 2.24) is 0 Å². The number of aliphatic hydroxyl groups is 4. The third-order valence-corrected chi connectivity index (χ3v) is 4.66. The van der Waals surface area contributed by atoms with Crippen LogP contribution in [0.25, 0.3) is 0 Å². The van der Waals surface area contributed by atoms with Gasteiger partial charge in [-0.2, -0.15) is 0 Å². The monoisotopic (exact) mass is 362 g/mol. The fourth-order valence-electron chi connectivity index (χ4n) is 2.15. The number of ether oxygens (including phenoxy) is 1. The molecule has 1 aromatic rings. The molecule has 0 amide bonds. The van der Waals surface area contributed by atoms with Crippen molar-refractivity contribution < 1.29 is 35.0 Å². The van der Waals surface area contributed by atoms with E-state index in [2.05, 4.69) is 0 Å². The Hall–Kier alpha value is -1.83. The Morgan fingerprint density at radius 3 is 2.29 bits per heavy atom. The van der Waals surface area contributed by atoms with Gasteiger partial charge in [0.1, 0.15) is 29.9 Å². The maximum absolute atomic E-state index is 11.1. The van der Waals surface area contributed by atoms with E-state index in [1.54, 1.807) is 0 Å². The molecule has 5 atom stereocenters. The summed E-state index contributed by atoms with van der Waals surface area (Å²) < 4.78 is 5.24. The van der Waals surface area contributed by atoms with Crippen LogP contribution in [-0.2, 0) is 4.74 Å². The zero-order valence-corrected chi connectivity index (χ0v) is 12.8. The van der Waals surface area contributed by atoms with E-state index in [4.69, 9.17) is 9.84 Å². The molecule has 0 saturated carbocycles. The Kier molecular flexibility index (Phi) is 5.69.